The van der Waals surface area contributed by atoms with E-state index < -0.39 is 5.24 Å². The molecule has 7 heteroatoms. The minimum absolute atomic E-state index is 0. The smallest absolute Gasteiger partial charge is 0.252 e. The predicted octanol–water partition coefficient (Wildman–Crippen LogP) is 2.50. The van der Waals surface area contributed by atoms with Crippen molar-refractivity contribution < 1.29 is 4.79 Å². The van der Waals surface area contributed by atoms with Gasteiger partial charge in [0.2, 0.25) is 0 Å². The highest BCUT2D eigenvalue weighted by molar-refractivity contribution is 6.67. The molecule has 1 aromatic carbocycles. The number of hydrogen-bond acceptors (Lipinski definition) is 4. The molecule has 19 heavy (non-hydrogen) atoms. The van der Waals surface area contributed by atoms with Crippen molar-refractivity contribution in [3.63, 3.8) is 0 Å². The minimum Gasteiger partial charge on any atom is -0.383 e. The van der Waals surface area contributed by atoms with Gasteiger partial charge >= 0.3 is 0 Å². The second-order valence-electron chi connectivity index (χ2n) is 4.03. The molecule has 0 aliphatic heterocycles. The molecule has 0 aliphatic rings. The van der Waals surface area contributed by atoms with E-state index in [1.165, 1.54) is 0 Å². The Morgan fingerprint density at radius 1 is 1.37 bits per heavy atom. The zero-order valence-electron chi connectivity index (χ0n) is 9.92. The molecule has 0 spiro atoms. The molecule has 3 aromatic rings. The molecule has 98 valence electrons. The number of carbonyl (C=O) groups excluding carboxylic acids is 1. The SMILES string of the molecule is Cl.Cn1ncc2c(N)nc3ccc(C(=O)Cl)cc3c21. The Labute approximate surface area is 119 Å². The number of benzene rings is 1. The molecular weight excluding hydrogens is 287 g/mol. The first-order chi connectivity index (χ1) is 8.58. The van der Waals surface area contributed by atoms with E-state index in [4.69, 9.17) is 17.3 Å². The van der Waals surface area contributed by atoms with Gasteiger partial charge in [0.25, 0.3) is 5.24 Å². The highest BCUT2D eigenvalue weighted by Gasteiger charge is 2.12. The number of nitrogens with two attached hydrogens (primary N) is 1. The quantitative estimate of drug-likeness (QED) is 0.700. The van der Waals surface area contributed by atoms with Gasteiger partial charge in [-0.15, -0.1) is 12.4 Å². The van der Waals surface area contributed by atoms with E-state index in [1.807, 2.05) is 7.05 Å². The zero-order chi connectivity index (χ0) is 12.9. The van der Waals surface area contributed by atoms with Crippen LogP contribution in [0.3, 0.4) is 0 Å². The van der Waals surface area contributed by atoms with E-state index in [0.717, 1.165) is 16.3 Å². The molecule has 0 saturated heterocycles. The van der Waals surface area contributed by atoms with Crippen molar-refractivity contribution in [2.75, 3.05) is 5.73 Å². The molecule has 2 heterocycles. The lowest BCUT2D eigenvalue weighted by Crippen LogP contribution is -1.97. The van der Waals surface area contributed by atoms with Crippen LogP contribution in [-0.2, 0) is 7.05 Å². The fourth-order valence-electron chi connectivity index (χ4n) is 2.08. The summed E-state index contributed by atoms with van der Waals surface area (Å²) in [5.41, 5.74) is 7.86. The number of anilines is 1. The van der Waals surface area contributed by atoms with Crippen LogP contribution in [0.25, 0.3) is 21.8 Å². The van der Waals surface area contributed by atoms with Crippen molar-refractivity contribution in [3.8, 4) is 0 Å². The first kappa shape index (κ1) is 13.6. The van der Waals surface area contributed by atoms with Gasteiger partial charge in [0.15, 0.2) is 0 Å². The molecule has 0 saturated carbocycles. The highest BCUT2D eigenvalue weighted by atomic mass is 35.5. The van der Waals surface area contributed by atoms with E-state index in [9.17, 15) is 4.79 Å². The molecule has 0 unspecified atom stereocenters. The van der Waals surface area contributed by atoms with Crippen LogP contribution >= 0.6 is 24.0 Å². The lowest BCUT2D eigenvalue weighted by atomic mass is 10.1. The Kier molecular flexibility index (Phi) is 3.34. The topological polar surface area (TPSA) is 73.8 Å². The van der Waals surface area contributed by atoms with Gasteiger partial charge in [0.05, 0.1) is 22.6 Å². The number of hydrogen-bond donors (Lipinski definition) is 1. The van der Waals surface area contributed by atoms with Gasteiger partial charge in [-0.25, -0.2) is 4.98 Å². The maximum absolute atomic E-state index is 11.2. The van der Waals surface area contributed by atoms with Crippen molar-refractivity contribution in [1.82, 2.24) is 14.8 Å². The second-order valence-corrected chi connectivity index (χ2v) is 4.38. The fourth-order valence-corrected chi connectivity index (χ4v) is 2.20. The third-order valence-electron chi connectivity index (χ3n) is 2.93. The number of carbonyl (C=O) groups is 1. The maximum Gasteiger partial charge on any atom is 0.252 e. The lowest BCUT2D eigenvalue weighted by molar-refractivity contribution is 0.108. The Morgan fingerprint density at radius 2 is 2.11 bits per heavy atom. The summed E-state index contributed by atoms with van der Waals surface area (Å²) >= 11 is 5.49. The first-order valence-corrected chi connectivity index (χ1v) is 5.66. The van der Waals surface area contributed by atoms with E-state index in [1.54, 1.807) is 29.1 Å². The van der Waals surface area contributed by atoms with Gasteiger partial charge in [-0.05, 0) is 29.8 Å². The van der Waals surface area contributed by atoms with Crippen molar-refractivity contribution in [3.05, 3.63) is 30.0 Å². The summed E-state index contributed by atoms with van der Waals surface area (Å²) in [5.74, 6) is 0.426. The Balaban J connectivity index is 0.00000133. The number of aromatic nitrogens is 3. The molecule has 0 fully saturated rings. The van der Waals surface area contributed by atoms with Gasteiger partial charge < -0.3 is 5.73 Å². The Morgan fingerprint density at radius 3 is 2.79 bits per heavy atom. The number of aryl methyl sites for hydroxylation is 1. The van der Waals surface area contributed by atoms with Gasteiger partial charge in [0.1, 0.15) is 5.82 Å². The third-order valence-corrected chi connectivity index (χ3v) is 3.15. The molecule has 5 nitrogen and oxygen atoms in total. The summed E-state index contributed by atoms with van der Waals surface area (Å²) in [7, 11) is 1.82. The number of pyridine rings is 1. The summed E-state index contributed by atoms with van der Waals surface area (Å²) in [4.78, 5) is 15.5. The van der Waals surface area contributed by atoms with Crippen LogP contribution in [0.1, 0.15) is 10.4 Å². The summed E-state index contributed by atoms with van der Waals surface area (Å²) in [6.07, 6.45) is 1.66. The van der Waals surface area contributed by atoms with Crippen LogP contribution in [-0.4, -0.2) is 20.0 Å². The zero-order valence-corrected chi connectivity index (χ0v) is 11.5. The standard InChI is InChI=1S/C12H9ClN4O.ClH/c1-17-10-7-4-6(11(13)18)2-3-9(7)16-12(14)8(10)5-15-17;/h2-5H,1H3,(H2,14,16);1H. The molecule has 2 aromatic heterocycles. The van der Waals surface area contributed by atoms with Crippen LogP contribution in [0.5, 0.6) is 0 Å². The van der Waals surface area contributed by atoms with Gasteiger partial charge in [0, 0.05) is 18.0 Å². The van der Waals surface area contributed by atoms with E-state index in [0.29, 0.717) is 16.9 Å². The number of rotatable bonds is 1. The molecular formula is C12H10Cl2N4O. The molecule has 0 bridgehead atoms. The molecule has 0 aliphatic carbocycles. The average Bonchev–Trinajstić information content (AvgIpc) is 2.72. The monoisotopic (exact) mass is 296 g/mol. The summed E-state index contributed by atoms with van der Waals surface area (Å²) in [5, 5.41) is 5.24. The lowest BCUT2D eigenvalue weighted by Gasteiger charge is -2.05. The average molecular weight is 297 g/mol. The molecule has 2 N–H and O–H groups in total. The molecule has 0 atom stereocenters. The molecule has 0 amide bonds. The molecule has 0 radical (unpaired) electrons. The normalized spacial score (nSPS) is 10.6. The van der Waals surface area contributed by atoms with Crippen molar-refractivity contribution >= 4 is 56.9 Å². The number of halogens is 2. The van der Waals surface area contributed by atoms with Crippen molar-refractivity contribution in [2.45, 2.75) is 0 Å². The van der Waals surface area contributed by atoms with Gasteiger partial charge in [-0.3, -0.25) is 9.48 Å². The Hall–Kier alpha value is -1.85. The van der Waals surface area contributed by atoms with Crippen molar-refractivity contribution in [1.29, 1.82) is 0 Å². The van der Waals surface area contributed by atoms with Gasteiger partial charge in [-0.1, -0.05) is 0 Å². The summed E-state index contributed by atoms with van der Waals surface area (Å²) in [6.45, 7) is 0. The summed E-state index contributed by atoms with van der Waals surface area (Å²) in [6, 6.07) is 5.07. The minimum atomic E-state index is -0.496. The van der Waals surface area contributed by atoms with E-state index in [-0.39, 0.29) is 12.4 Å². The van der Waals surface area contributed by atoms with E-state index >= 15 is 0 Å². The predicted molar refractivity (Wildman–Crippen MR) is 77.9 cm³/mol. The number of fused-ring (bicyclic) bond motifs is 3. The van der Waals surface area contributed by atoms with Crippen LogP contribution in [0.15, 0.2) is 24.4 Å². The van der Waals surface area contributed by atoms with Crippen LogP contribution in [0.2, 0.25) is 0 Å². The largest absolute Gasteiger partial charge is 0.383 e. The third kappa shape index (κ3) is 2.01. The van der Waals surface area contributed by atoms with Crippen LogP contribution in [0, 0.1) is 0 Å². The maximum atomic E-state index is 11.2. The second kappa shape index (κ2) is 4.68. The highest BCUT2D eigenvalue weighted by Crippen LogP contribution is 2.28. The van der Waals surface area contributed by atoms with Crippen molar-refractivity contribution in [2.24, 2.45) is 7.05 Å². The number of nitrogen functional groups attached to an aromatic ring is 1. The fraction of sp³-hybridized carbons (Fsp3) is 0.0833. The molecule has 3 rings (SSSR count). The first-order valence-electron chi connectivity index (χ1n) is 5.28. The van der Waals surface area contributed by atoms with Gasteiger partial charge in [-0.2, -0.15) is 5.10 Å². The summed E-state index contributed by atoms with van der Waals surface area (Å²) < 4.78 is 1.71. The van der Waals surface area contributed by atoms with Crippen LogP contribution in [0.4, 0.5) is 5.82 Å². The Bertz CT molecular complexity index is 797. The number of nitrogens with zero attached hydrogens (tertiary/aromatic N) is 3. The van der Waals surface area contributed by atoms with E-state index in [2.05, 4.69) is 10.1 Å². The van der Waals surface area contributed by atoms with Crippen LogP contribution < -0.4 is 5.73 Å².